The number of fused-ring (bicyclic) bond motifs is 6. The van der Waals surface area contributed by atoms with E-state index in [4.69, 9.17) is 4.98 Å². The van der Waals surface area contributed by atoms with Gasteiger partial charge in [0, 0.05) is 28.9 Å². The number of nitriles is 2. The summed E-state index contributed by atoms with van der Waals surface area (Å²) in [7, 11) is 0. The topological polar surface area (TPSA) is 80.7 Å². The number of aromatic nitrogens is 2. The molecule has 1 N–H and O–H groups in total. The van der Waals surface area contributed by atoms with Crippen molar-refractivity contribution in [2.75, 3.05) is 11.4 Å². The van der Waals surface area contributed by atoms with E-state index >= 15 is 0 Å². The number of anilines is 2. The maximum Gasteiger partial charge on any atom is 0.140 e. The molecule has 0 saturated carbocycles. The van der Waals surface area contributed by atoms with Crippen molar-refractivity contribution in [3.05, 3.63) is 155 Å². The van der Waals surface area contributed by atoms with Gasteiger partial charge in [-0.1, -0.05) is 73.7 Å². The number of nitrogens with zero attached hydrogens (tertiary/aromatic N) is 5. The van der Waals surface area contributed by atoms with Crippen molar-refractivity contribution in [1.29, 1.82) is 10.5 Å². The first kappa shape index (κ1) is 28.8. The molecule has 3 unspecified atom stereocenters. The summed E-state index contributed by atoms with van der Waals surface area (Å²) in [6.45, 7) is 3.05. The third kappa shape index (κ3) is 4.65. The highest BCUT2D eigenvalue weighted by Gasteiger charge is 2.40. The average Bonchev–Trinajstić information content (AvgIpc) is 3.67. The molecule has 9 rings (SSSR count). The van der Waals surface area contributed by atoms with Crippen molar-refractivity contribution in [3.8, 4) is 18.0 Å². The van der Waals surface area contributed by atoms with Gasteiger partial charge in [0.05, 0.1) is 40.3 Å². The van der Waals surface area contributed by atoms with E-state index in [1.165, 1.54) is 16.8 Å². The zero-order chi connectivity index (χ0) is 33.1. The average molecular weight is 633 g/mol. The lowest BCUT2D eigenvalue weighted by Crippen LogP contribution is -2.40. The standard InChI is InChI=1S/C43H32N6/c1-27-10-16-32(36(20-27)30-14-11-28(24-44)12-15-30)31-22-42(48-39-9-5-3-7-34(39)37-21-29(25-45)13-17-40(37)48)47-43(23-31)49-38-8-4-2-6-33(38)35-18-19-46-26-41(35)49/h2-19,21-23,27,35,41,46H,20,26H2,1H3. The third-order valence-corrected chi connectivity index (χ3v) is 10.2. The van der Waals surface area contributed by atoms with Crippen LogP contribution in [0.15, 0.2) is 128 Å². The fourth-order valence-corrected chi connectivity index (χ4v) is 7.97. The van der Waals surface area contributed by atoms with E-state index < -0.39 is 0 Å². The molecule has 3 aliphatic rings. The molecule has 0 amide bonds. The monoisotopic (exact) mass is 632 g/mol. The Labute approximate surface area is 285 Å². The molecule has 0 fully saturated rings. The Bertz CT molecular complexity index is 2480. The minimum absolute atomic E-state index is 0.170. The SMILES string of the molecule is CC1C=CC(c2cc(N3c4ccccc4C4C=CNCC43)nc(-n3c4ccccc4c4cc(C#N)ccc43)c2)=C(c2ccc(C#N)cc2)C1. The number of allylic oxidation sites excluding steroid dienone is 4. The third-order valence-electron chi connectivity index (χ3n) is 10.2. The van der Waals surface area contributed by atoms with Crippen molar-refractivity contribution < 1.29 is 0 Å². The fourth-order valence-electron chi connectivity index (χ4n) is 7.97. The summed E-state index contributed by atoms with van der Waals surface area (Å²) in [6.07, 6.45) is 9.80. The van der Waals surface area contributed by atoms with Gasteiger partial charge in [0.25, 0.3) is 0 Å². The largest absolute Gasteiger partial charge is 0.389 e. The number of benzene rings is 4. The van der Waals surface area contributed by atoms with Crippen LogP contribution >= 0.6 is 0 Å². The molecule has 6 heteroatoms. The quantitative estimate of drug-likeness (QED) is 0.210. The van der Waals surface area contributed by atoms with Crippen molar-refractivity contribution in [3.63, 3.8) is 0 Å². The molecule has 0 bridgehead atoms. The number of hydrogen-bond donors (Lipinski definition) is 1. The Morgan fingerprint density at radius 3 is 2.37 bits per heavy atom. The van der Waals surface area contributed by atoms with Gasteiger partial charge >= 0.3 is 0 Å². The zero-order valence-corrected chi connectivity index (χ0v) is 27.0. The smallest absolute Gasteiger partial charge is 0.140 e. The molecule has 234 valence electrons. The van der Waals surface area contributed by atoms with Gasteiger partial charge in [-0.3, -0.25) is 4.57 Å². The van der Waals surface area contributed by atoms with Crippen LogP contribution in [-0.4, -0.2) is 22.1 Å². The van der Waals surface area contributed by atoms with Gasteiger partial charge in [-0.05, 0) is 101 Å². The van der Waals surface area contributed by atoms with E-state index in [0.717, 1.165) is 63.1 Å². The highest BCUT2D eigenvalue weighted by molar-refractivity contribution is 6.09. The van der Waals surface area contributed by atoms with Gasteiger partial charge in [-0.25, -0.2) is 4.98 Å². The van der Waals surface area contributed by atoms with Crippen molar-refractivity contribution in [2.45, 2.75) is 25.3 Å². The highest BCUT2D eigenvalue weighted by atomic mass is 15.3. The second kappa shape index (κ2) is 11.4. The maximum absolute atomic E-state index is 9.76. The molecule has 3 atom stereocenters. The molecule has 2 aliphatic heterocycles. The predicted octanol–water partition coefficient (Wildman–Crippen LogP) is 9.15. The van der Waals surface area contributed by atoms with Crippen molar-refractivity contribution >= 4 is 44.5 Å². The van der Waals surface area contributed by atoms with Crippen LogP contribution in [0.4, 0.5) is 11.5 Å². The normalized spacial score (nSPS) is 19.4. The first-order valence-corrected chi connectivity index (χ1v) is 16.8. The van der Waals surface area contributed by atoms with E-state index in [2.05, 4.69) is 125 Å². The van der Waals surface area contributed by atoms with Crippen LogP contribution in [0.1, 0.15) is 47.1 Å². The molecule has 6 aromatic rings. The molecule has 6 nitrogen and oxygen atoms in total. The Morgan fingerprint density at radius 2 is 1.51 bits per heavy atom. The molecule has 1 aliphatic carbocycles. The Balaban J connectivity index is 1.33. The van der Waals surface area contributed by atoms with Crippen molar-refractivity contribution in [2.24, 2.45) is 5.92 Å². The Morgan fingerprint density at radius 1 is 0.755 bits per heavy atom. The summed E-state index contributed by atoms with van der Waals surface area (Å²) >= 11 is 0. The fraction of sp³-hybridized carbons (Fsp3) is 0.140. The number of para-hydroxylation sites is 2. The molecular weight excluding hydrogens is 601 g/mol. The van der Waals surface area contributed by atoms with E-state index in [1.54, 1.807) is 0 Å². The summed E-state index contributed by atoms with van der Waals surface area (Å²) < 4.78 is 2.24. The second-order valence-electron chi connectivity index (χ2n) is 13.2. The van der Waals surface area contributed by atoms with Gasteiger partial charge in [0.2, 0.25) is 0 Å². The van der Waals surface area contributed by atoms with E-state index in [1.807, 2.05) is 36.4 Å². The summed E-state index contributed by atoms with van der Waals surface area (Å²) in [6, 6.07) is 40.2. The van der Waals surface area contributed by atoms with E-state index in [0.29, 0.717) is 17.0 Å². The molecule has 4 aromatic carbocycles. The van der Waals surface area contributed by atoms with Crippen LogP contribution in [0.3, 0.4) is 0 Å². The molecule has 4 heterocycles. The van der Waals surface area contributed by atoms with Crippen molar-refractivity contribution in [1.82, 2.24) is 14.9 Å². The number of nitrogens with one attached hydrogen (secondary N) is 1. The molecule has 0 radical (unpaired) electrons. The lowest BCUT2D eigenvalue weighted by Gasteiger charge is -2.32. The Hall–Kier alpha value is -6.37. The Kier molecular flexibility index (Phi) is 6.71. The zero-order valence-electron chi connectivity index (χ0n) is 27.0. The molecular formula is C43H32N6. The van der Waals surface area contributed by atoms with Crippen LogP contribution in [-0.2, 0) is 0 Å². The minimum Gasteiger partial charge on any atom is -0.389 e. The summed E-state index contributed by atoms with van der Waals surface area (Å²) in [5.41, 5.74) is 10.4. The second-order valence-corrected chi connectivity index (χ2v) is 13.2. The number of rotatable bonds is 4. The van der Waals surface area contributed by atoms with E-state index in [9.17, 15) is 10.5 Å². The molecule has 49 heavy (non-hydrogen) atoms. The predicted molar refractivity (Wildman–Crippen MR) is 196 cm³/mol. The van der Waals surface area contributed by atoms with Crippen LogP contribution in [0, 0.1) is 28.6 Å². The molecule has 0 saturated heterocycles. The van der Waals surface area contributed by atoms with Crippen LogP contribution in [0.5, 0.6) is 0 Å². The highest BCUT2D eigenvalue weighted by Crippen LogP contribution is 2.47. The molecule has 0 spiro atoms. The molecule has 2 aromatic heterocycles. The maximum atomic E-state index is 9.76. The van der Waals surface area contributed by atoms with Crippen LogP contribution in [0.2, 0.25) is 0 Å². The lowest BCUT2D eigenvalue weighted by atomic mass is 9.84. The first-order valence-electron chi connectivity index (χ1n) is 16.8. The van der Waals surface area contributed by atoms with E-state index in [-0.39, 0.29) is 12.0 Å². The number of hydrogen-bond acceptors (Lipinski definition) is 5. The van der Waals surface area contributed by atoms with Crippen LogP contribution < -0.4 is 10.2 Å². The van der Waals surface area contributed by atoms with Gasteiger partial charge in [-0.2, -0.15) is 10.5 Å². The summed E-state index contributed by atoms with van der Waals surface area (Å²) in [4.78, 5) is 7.93. The summed E-state index contributed by atoms with van der Waals surface area (Å²) in [5.74, 6) is 2.35. The summed E-state index contributed by atoms with van der Waals surface area (Å²) in [5, 5.41) is 24.8. The van der Waals surface area contributed by atoms with Gasteiger partial charge in [-0.15, -0.1) is 0 Å². The van der Waals surface area contributed by atoms with Gasteiger partial charge in [0.1, 0.15) is 11.6 Å². The lowest BCUT2D eigenvalue weighted by molar-refractivity contribution is 0.572. The van der Waals surface area contributed by atoms with Crippen LogP contribution in [0.25, 0.3) is 38.8 Å². The minimum atomic E-state index is 0.170. The first-order chi connectivity index (χ1) is 24.1. The van der Waals surface area contributed by atoms with Gasteiger partial charge in [0.15, 0.2) is 0 Å². The number of pyridine rings is 1. The van der Waals surface area contributed by atoms with Gasteiger partial charge < -0.3 is 10.2 Å².